The Balaban J connectivity index is 4.24. The third kappa shape index (κ3) is 5.86. The lowest BCUT2D eigenvalue weighted by Gasteiger charge is -2.20. The quantitative estimate of drug-likeness (QED) is 0.487. The molecule has 1 unspecified atom stereocenters. The van der Waals surface area contributed by atoms with Crippen LogP contribution in [-0.2, 0) is 9.53 Å². The Bertz CT molecular complexity index is 259. The topological polar surface area (TPSA) is 26.3 Å². The van der Waals surface area contributed by atoms with Crippen molar-refractivity contribution in [1.82, 2.24) is 0 Å². The number of unbranched alkanes of at least 4 members (excludes halogenated alkanes) is 3. The predicted molar refractivity (Wildman–Crippen MR) is 59.8 cm³/mol. The standard InChI is InChI=1S/C12H19F3O2/c1-4-5-6-7-8-10(16)9(2)11(17-3)12(13,14)15/h11H,2,4-8H2,1,3H3. The van der Waals surface area contributed by atoms with E-state index >= 15 is 0 Å². The van der Waals surface area contributed by atoms with Crippen LogP contribution in [0.4, 0.5) is 13.2 Å². The van der Waals surface area contributed by atoms with Gasteiger partial charge in [-0.25, -0.2) is 0 Å². The average molecular weight is 252 g/mol. The van der Waals surface area contributed by atoms with Crippen LogP contribution < -0.4 is 0 Å². The molecule has 0 bridgehead atoms. The second-order valence-corrected chi connectivity index (χ2v) is 3.92. The van der Waals surface area contributed by atoms with Gasteiger partial charge >= 0.3 is 6.18 Å². The molecule has 0 saturated carbocycles. The minimum Gasteiger partial charge on any atom is -0.367 e. The highest BCUT2D eigenvalue weighted by molar-refractivity contribution is 5.95. The summed E-state index contributed by atoms with van der Waals surface area (Å²) in [6, 6.07) is 0. The second kappa shape index (κ2) is 7.48. The van der Waals surface area contributed by atoms with Crippen LogP contribution in [0.3, 0.4) is 0 Å². The monoisotopic (exact) mass is 252 g/mol. The third-order valence-electron chi connectivity index (χ3n) is 2.47. The number of ketones is 1. The first-order valence-corrected chi connectivity index (χ1v) is 5.66. The molecule has 0 fully saturated rings. The van der Waals surface area contributed by atoms with Crippen LogP contribution in [0, 0.1) is 0 Å². The van der Waals surface area contributed by atoms with E-state index in [1.54, 1.807) is 0 Å². The fourth-order valence-corrected chi connectivity index (χ4v) is 1.49. The van der Waals surface area contributed by atoms with Crippen LogP contribution in [0.2, 0.25) is 0 Å². The van der Waals surface area contributed by atoms with Gasteiger partial charge in [-0.1, -0.05) is 32.8 Å². The molecule has 0 radical (unpaired) electrons. The summed E-state index contributed by atoms with van der Waals surface area (Å²) >= 11 is 0. The molecule has 0 aliphatic heterocycles. The number of ether oxygens (including phenoxy) is 1. The summed E-state index contributed by atoms with van der Waals surface area (Å²) in [4.78, 5) is 11.5. The molecule has 2 nitrogen and oxygen atoms in total. The first-order valence-electron chi connectivity index (χ1n) is 5.66. The van der Waals surface area contributed by atoms with Gasteiger partial charge in [-0.2, -0.15) is 13.2 Å². The summed E-state index contributed by atoms with van der Waals surface area (Å²) in [5.74, 6) is -0.565. The fraction of sp³-hybridized carbons (Fsp3) is 0.750. The maximum absolute atomic E-state index is 12.4. The Labute approximate surface area is 99.8 Å². The lowest BCUT2D eigenvalue weighted by Crippen LogP contribution is -2.35. The van der Waals surface area contributed by atoms with Gasteiger partial charge in [0.2, 0.25) is 0 Å². The zero-order valence-corrected chi connectivity index (χ0v) is 10.3. The maximum atomic E-state index is 12.4. The van der Waals surface area contributed by atoms with E-state index in [9.17, 15) is 18.0 Å². The molecule has 17 heavy (non-hydrogen) atoms. The lowest BCUT2D eigenvalue weighted by molar-refractivity contribution is -0.200. The molecule has 100 valence electrons. The van der Waals surface area contributed by atoms with Gasteiger partial charge in [0.05, 0.1) is 0 Å². The summed E-state index contributed by atoms with van der Waals surface area (Å²) in [5.41, 5.74) is -0.503. The van der Waals surface area contributed by atoms with Crippen LogP contribution in [0.5, 0.6) is 0 Å². The normalized spacial score (nSPS) is 13.5. The highest BCUT2D eigenvalue weighted by Crippen LogP contribution is 2.28. The van der Waals surface area contributed by atoms with E-state index in [4.69, 9.17) is 0 Å². The molecule has 0 amide bonds. The molecule has 0 aromatic heterocycles. The Kier molecular flexibility index (Phi) is 7.11. The molecule has 0 aromatic carbocycles. The first-order chi connectivity index (χ1) is 7.84. The Morgan fingerprint density at radius 2 is 1.88 bits per heavy atom. The van der Waals surface area contributed by atoms with E-state index in [0.717, 1.165) is 26.4 Å². The van der Waals surface area contributed by atoms with Crippen molar-refractivity contribution in [1.29, 1.82) is 0 Å². The molecule has 5 heteroatoms. The van der Waals surface area contributed by atoms with E-state index in [0.29, 0.717) is 6.42 Å². The molecule has 0 aliphatic carbocycles. The van der Waals surface area contributed by atoms with Crippen molar-refractivity contribution in [3.63, 3.8) is 0 Å². The van der Waals surface area contributed by atoms with Crippen LogP contribution in [0.15, 0.2) is 12.2 Å². The van der Waals surface area contributed by atoms with Gasteiger partial charge < -0.3 is 4.74 Å². The summed E-state index contributed by atoms with van der Waals surface area (Å²) in [6.45, 7) is 5.22. The van der Waals surface area contributed by atoms with Crippen LogP contribution in [-0.4, -0.2) is 25.2 Å². The molecule has 0 saturated heterocycles. The number of halogens is 3. The third-order valence-corrected chi connectivity index (χ3v) is 2.47. The zero-order chi connectivity index (χ0) is 13.5. The number of carbonyl (C=O) groups is 1. The van der Waals surface area contributed by atoms with Gasteiger partial charge in [-0.15, -0.1) is 0 Å². The number of hydrogen-bond donors (Lipinski definition) is 0. The summed E-state index contributed by atoms with van der Waals surface area (Å²) < 4.78 is 41.6. The van der Waals surface area contributed by atoms with Crippen molar-refractivity contribution >= 4 is 5.78 Å². The number of alkyl halides is 3. The molecule has 0 aromatic rings. The number of rotatable bonds is 8. The van der Waals surface area contributed by atoms with E-state index in [1.165, 1.54) is 0 Å². The number of carbonyl (C=O) groups excluding carboxylic acids is 1. The van der Waals surface area contributed by atoms with E-state index in [1.807, 2.05) is 6.92 Å². The molecular formula is C12H19F3O2. The Morgan fingerprint density at radius 1 is 1.29 bits per heavy atom. The van der Waals surface area contributed by atoms with Gasteiger partial charge in [-0.3, -0.25) is 4.79 Å². The highest BCUT2D eigenvalue weighted by Gasteiger charge is 2.43. The average Bonchev–Trinajstić information content (AvgIpc) is 2.22. The van der Waals surface area contributed by atoms with Gasteiger partial charge in [0.15, 0.2) is 11.9 Å². The van der Waals surface area contributed by atoms with E-state index in [-0.39, 0.29) is 6.42 Å². The molecule has 1 atom stereocenters. The first kappa shape index (κ1) is 16.2. The Hall–Kier alpha value is -0.840. The summed E-state index contributed by atoms with van der Waals surface area (Å²) in [6.07, 6.45) is -3.22. The zero-order valence-electron chi connectivity index (χ0n) is 10.3. The molecule has 0 N–H and O–H groups in total. The molecule has 0 rings (SSSR count). The SMILES string of the molecule is C=C(C(=O)CCCCCC)C(OC)C(F)(F)F. The van der Waals surface area contributed by atoms with E-state index < -0.39 is 23.6 Å². The predicted octanol–water partition coefficient (Wildman–Crippen LogP) is 3.66. The number of methoxy groups -OCH3 is 1. The Morgan fingerprint density at radius 3 is 2.29 bits per heavy atom. The maximum Gasteiger partial charge on any atom is 0.418 e. The number of Topliss-reactive ketones (excluding diaryl/α,β-unsaturated/α-hetero) is 1. The minimum absolute atomic E-state index is 0.106. The summed E-state index contributed by atoms with van der Waals surface area (Å²) in [7, 11) is 0.924. The van der Waals surface area contributed by atoms with Crippen molar-refractivity contribution in [2.75, 3.05) is 7.11 Å². The number of hydrogen-bond acceptors (Lipinski definition) is 2. The molecule has 0 heterocycles. The molecular weight excluding hydrogens is 233 g/mol. The smallest absolute Gasteiger partial charge is 0.367 e. The summed E-state index contributed by atoms with van der Waals surface area (Å²) in [5, 5.41) is 0. The molecule has 0 aliphatic rings. The van der Waals surface area contributed by atoms with Crippen LogP contribution in [0.25, 0.3) is 0 Å². The second-order valence-electron chi connectivity index (χ2n) is 3.92. The van der Waals surface area contributed by atoms with Crippen molar-refractivity contribution in [3.8, 4) is 0 Å². The van der Waals surface area contributed by atoms with Gasteiger partial charge in [-0.05, 0) is 6.42 Å². The van der Waals surface area contributed by atoms with Crippen molar-refractivity contribution in [3.05, 3.63) is 12.2 Å². The van der Waals surface area contributed by atoms with Gasteiger partial charge in [0, 0.05) is 19.1 Å². The minimum atomic E-state index is -4.58. The highest BCUT2D eigenvalue weighted by atomic mass is 19.4. The van der Waals surface area contributed by atoms with Crippen molar-refractivity contribution in [2.45, 2.75) is 51.3 Å². The van der Waals surface area contributed by atoms with Gasteiger partial charge in [0.25, 0.3) is 0 Å². The fourth-order valence-electron chi connectivity index (χ4n) is 1.49. The lowest BCUT2D eigenvalue weighted by atomic mass is 10.0. The van der Waals surface area contributed by atoms with Gasteiger partial charge in [0.1, 0.15) is 0 Å². The van der Waals surface area contributed by atoms with E-state index in [2.05, 4.69) is 11.3 Å². The largest absolute Gasteiger partial charge is 0.418 e. The van der Waals surface area contributed by atoms with Crippen molar-refractivity contribution in [2.24, 2.45) is 0 Å². The molecule has 0 spiro atoms. The van der Waals surface area contributed by atoms with Crippen LogP contribution in [0.1, 0.15) is 39.0 Å². The van der Waals surface area contributed by atoms with Crippen LogP contribution >= 0.6 is 0 Å². The van der Waals surface area contributed by atoms with Crippen molar-refractivity contribution < 1.29 is 22.7 Å².